The van der Waals surface area contributed by atoms with E-state index in [2.05, 4.69) is 16.9 Å². The largest absolute Gasteiger partial charge is 0.339 e. The Labute approximate surface area is 107 Å². The average Bonchev–Trinajstić information content (AvgIpc) is 2.88. The third-order valence-corrected chi connectivity index (χ3v) is 2.93. The summed E-state index contributed by atoms with van der Waals surface area (Å²) in [5, 5.41) is 0. The van der Waals surface area contributed by atoms with E-state index in [-0.39, 0.29) is 5.78 Å². The molecule has 0 bridgehead atoms. The second-order valence-corrected chi connectivity index (χ2v) is 4.41. The number of carbonyl (C=O) groups is 1. The van der Waals surface area contributed by atoms with Crippen LogP contribution in [0.2, 0.25) is 0 Å². The van der Waals surface area contributed by atoms with E-state index in [1.807, 2.05) is 30.3 Å². The Bertz CT molecular complexity index is 502. The van der Waals surface area contributed by atoms with Crippen molar-refractivity contribution in [1.29, 1.82) is 0 Å². The molecule has 0 radical (unpaired) electrons. The quantitative estimate of drug-likeness (QED) is 0.623. The highest BCUT2D eigenvalue weighted by Crippen LogP contribution is 2.09. The third kappa shape index (κ3) is 3.06. The fraction of sp³-hybridized carbons (Fsp3) is 0.333. The summed E-state index contributed by atoms with van der Waals surface area (Å²) < 4.78 is 0. The molecule has 0 unspecified atom stereocenters. The van der Waals surface area contributed by atoms with Crippen LogP contribution in [0.15, 0.2) is 36.5 Å². The lowest BCUT2D eigenvalue weighted by molar-refractivity contribution is 0.103. The second kappa shape index (κ2) is 6.15. The number of H-pyrrole nitrogens is 1. The maximum Gasteiger partial charge on any atom is 0.228 e. The topological polar surface area (TPSA) is 45.8 Å². The van der Waals surface area contributed by atoms with Gasteiger partial charge in [-0.15, -0.1) is 0 Å². The monoisotopic (exact) mass is 242 g/mol. The number of unbranched alkanes of at least 4 members (excludes halogenated alkanes) is 2. The van der Waals surface area contributed by atoms with E-state index in [1.165, 1.54) is 12.8 Å². The van der Waals surface area contributed by atoms with Crippen molar-refractivity contribution in [3.8, 4) is 0 Å². The zero-order valence-corrected chi connectivity index (χ0v) is 10.6. The van der Waals surface area contributed by atoms with Crippen LogP contribution < -0.4 is 0 Å². The van der Waals surface area contributed by atoms with Gasteiger partial charge in [0.2, 0.25) is 5.78 Å². The molecule has 0 saturated carbocycles. The number of rotatable bonds is 6. The molecule has 0 atom stereocenters. The van der Waals surface area contributed by atoms with Crippen LogP contribution in [0.25, 0.3) is 0 Å². The highest BCUT2D eigenvalue weighted by Gasteiger charge is 2.12. The minimum Gasteiger partial charge on any atom is -0.339 e. The van der Waals surface area contributed by atoms with Crippen molar-refractivity contribution in [2.45, 2.75) is 32.6 Å². The number of aryl methyl sites for hydroxylation is 1. The summed E-state index contributed by atoms with van der Waals surface area (Å²) in [6, 6.07) is 9.23. The second-order valence-electron chi connectivity index (χ2n) is 4.41. The Kier molecular flexibility index (Phi) is 4.29. The lowest BCUT2D eigenvalue weighted by Gasteiger charge is -1.97. The minimum atomic E-state index is -0.0441. The summed E-state index contributed by atoms with van der Waals surface area (Å²) in [5.41, 5.74) is 1.72. The zero-order valence-electron chi connectivity index (χ0n) is 10.6. The molecule has 0 spiro atoms. The van der Waals surface area contributed by atoms with Crippen LogP contribution in [-0.4, -0.2) is 15.8 Å². The van der Waals surface area contributed by atoms with E-state index < -0.39 is 0 Å². The number of aromatic amines is 1. The highest BCUT2D eigenvalue weighted by atomic mass is 16.1. The van der Waals surface area contributed by atoms with Crippen LogP contribution in [0.4, 0.5) is 0 Å². The molecule has 94 valence electrons. The van der Waals surface area contributed by atoms with E-state index in [1.54, 1.807) is 6.20 Å². The predicted octanol–water partition coefficient (Wildman–Crippen LogP) is 3.37. The zero-order chi connectivity index (χ0) is 12.8. The van der Waals surface area contributed by atoms with Gasteiger partial charge in [0.05, 0.1) is 0 Å². The molecule has 18 heavy (non-hydrogen) atoms. The molecule has 3 nitrogen and oxygen atoms in total. The van der Waals surface area contributed by atoms with Crippen LogP contribution in [0.5, 0.6) is 0 Å². The number of carbonyl (C=O) groups excluding carboxylic acids is 1. The number of hydrogen-bond acceptors (Lipinski definition) is 2. The van der Waals surface area contributed by atoms with Gasteiger partial charge in [-0.3, -0.25) is 4.79 Å². The van der Waals surface area contributed by atoms with Crippen molar-refractivity contribution in [2.24, 2.45) is 0 Å². The summed E-state index contributed by atoms with van der Waals surface area (Å²) in [6.07, 6.45) is 6.28. The van der Waals surface area contributed by atoms with Gasteiger partial charge >= 0.3 is 0 Å². The van der Waals surface area contributed by atoms with E-state index in [0.29, 0.717) is 11.4 Å². The normalized spacial score (nSPS) is 10.5. The molecule has 1 heterocycles. The van der Waals surface area contributed by atoms with Crippen LogP contribution in [0.3, 0.4) is 0 Å². The third-order valence-electron chi connectivity index (χ3n) is 2.93. The summed E-state index contributed by atoms with van der Waals surface area (Å²) in [6.45, 7) is 2.18. The molecule has 2 rings (SSSR count). The number of aromatic nitrogens is 2. The van der Waals surface area contributed by atoms with Crippen LogP contribution in [0.1, 0.15) is 48.1 Å². The fourth-order valence-corrected chi connectivity index (χ4v) is 1.89. The number of imidazole rings is 1. The summed E-state index contributed by atoms with van der Waals surface area (Å²) in [4.78, 5) is 19.4. The molecule has 0 aliphatic rings. The number of nitrogens with zero attached hydrogens (tertiary/aromatic N) is 1. The molecule has 0 fully saturated rings. The fourth-order valence-electron chi connectivity index (χ4n) is 1.89. The Morgan fingerprint density at radius 2 is 2.00 bits per heavy atom. The van der Waals surface area contributed by atoms with E-state index in [9.17, 15) is 4.79 Å². The summed E-state index contributed by atoms with van der Waals surface area (Å²) in [7, 11) is 0. The molecule has 1 aromatic carbocycles. The van der Waals surface area contributed by atoms with E-state index in [0.717, 1.165) is 18.5 Å². The molecular weight excluding hydrogens is 224 g/mol. The maximum atomic E-state index is 12.1. The molecule has 2 aromatic rings. The number of ketones is 1. The van der Waals surface area contributed by atoms with Gasteiger partial charge < -0.3 is 4.98 Å². The highest BCUT2D eigenvalue weighted by molar-refractivity contribution is 6.06. The van der Waals surface area contributed by atoms with Crippen molar-refractivity contribution in [1.82, 2.24) is 9.97 Å². The van der Waals surface area contributed by atoms with Gasteiger partial charge in [-0.1, -0.05) is 50.1 Å². The molecule has 0 aliphatic carbocycles. The van der Waals surface area contributed by atoms with Crippen LogP contribution in [0, 0.1) is 0 Å². The molecular formula is C15H18N2O. The van der Waals surface area contributed by atoms with Gasteiger partial charge in [0.15, 0.2) is 5.82 Å². The number of benzene rings is 1. The van der Waals surface area contributed by atoms with Crippen molar-refractivity contribution >= 4 is 5.78 Å². The first-order valence-electron chi connectivity index (χ1n) is 6.45. The standard InChI is InChI=1S/C15H18N2O/c1-2-3-5-10-13-11-16-15(17-13)14(18)12-8-6-4-7-9-12/h4,6-9,11H,2-3,5,10H2,1H3,(H,16,17). The van der Waals surface area contributed by atoms with E-state index >= 15 is 0 Å². The van der Waals surface area contributed by atoms with Crippen LogP contribution in [-0.2, 0) is 6.42 Å². The molecule has 0 aliphatic heterocycles. The lowest BCUT2D eigenvalue weighted by Crippen LogP contribution is -2.03. The average molecular weight is 242 g/mol. The molecule has 3 heteroatoms. The smallest absolute Gasteiger partial charge is 0.228 e. The number of nitrogens with one attached hydrogen (secondary N) is 1. The van der Waals surface area contributed by atoms with Crippen molar-refractivity contribution in [2.75, 3.05) is 0 Å². The Morgan fingerprint density at radius 3 is 2.72 bits per heavy atom. The van der Waals surface area contributed by atoms with Crippen molar-refractivity contribution in [3.63, 3.8) is 0 Å². The maximum absolute atomic E-state index is 12.1. The molecule has 0 saturated heterocycles. The first kappa shape index (κ1) is 12.6. The molecule has 1 N–H and O–H groups in total. The van der Waals surface area contributed by atoms with Gasteiger partial charge in [0.1, 0.15) is 0 Å². The minimum absolute atomic E-state index is 0.0441. The summed E-state index contributed by atoms with van der Waals surface area (Å²) >= 11 is 0. The SMILES string of the molecule is CCCCCc1cnc(C(=O)c2ccccc2)[nH]1. The van der Waals surface area contributed by atoms with Gasteiger partial charge in [0, 0.05) is 17.5 Å². The van der Waals surface area contributed by atoms with Gasteiger partial charge in [0.25, 0.3) is 0 Å². The lowest BCUT2D eigenvalue weighted by atomic mass is 10.1. The van der Waals surface area contributed by atoms with Crippen LogP contribution >= 0.6 is 0 Å². The van der Waals surface area contributed by atoms with Gasteiger partial charge in [-0.2, -0.15) is 0 Å². The Morgan fingerprint density at radius 1 is 1.22 bits per heavy atom. The van der Waals surface area contributed by atoms with Crippen molar-refractivity contribution < 1.29 is 4.79 Å². The van der Waals surface area contributed by atoms with Crippen molar-refractivity contribution in [3.05, 3.63) is 53.6 Å². The Balaban J connectivity index is 2.04. The summed E-state index contributed by atoms with van der Waals surface area (Å²) in [5.74, 6) is 0.394. The first-order valence-corrected chi connectivity index (χ1v) is 6.45. The molecule has 0 amide bonds. The van der Waals surface area contributed by atoms with Gasteiger partial charge in [-0.25, -0.2) is 4.98 Å². The van der Waals surface area contributed by atoms with E-state index in [4.69, 9.17) is 0 Å². The Hall–Kier alpha value is -1.90. The molecule has 1 aromatic heterocycles. The van der Waals surface area contributed by atoms with Gasteiger partial charge in [-0.05, 0) is 12.8 Å². The number of hydrogen-bond donors (Lipinski definition) is 1. The predicted molar refractivity (Wildman–Crippen MR) is 71.7 cm³/mol. The first-order chi connectivity index (χ1) is 8.81.